The summed E-state index contributed by atoms with van der Waals surface area (Å²) in [6.07, 6.45) is 2.12. The standard InChI is InChI=1S/C26H30N6OS/c1-18-6-9-22-21(12-18)24(32-16-26(17-32)14-27-15-26)29-25(28-22)31-10-11-34(33,30-20-7-8-20)23-5-3-2-4-19(23)13-31/h2-6,9,12,20,27H,7-8,10-11,13-17H2,1H3. The van der Waals surface area contributed by atoms with Crippen molar-refractivity contribution in [2.45, 2.75) is 37.2 Å². The Hall–Kier alpha value is -2.71. The molecular weight excluding hydrogens is 444 g/mol. The number of nitrogens with one attached hydrogen (secondary N) is 1. The van der Waals surface area contributed by atoms with E-state index in [2.05, 4.69) is 46.3 Å². The van der Waals surface area contributed by atoms with E-state index in [-0.39, 0.29) is 6.04 Å². The van der Waals surface area contributed by atoms with Crippen LogP contribution in [0.15, 0.2) is 51.7 Å². The van der Waals surface area contributed by atoms with Crippen LogP contribution in [0, 0.1) is 12.3 Å². The van der Waals surface area contributed by atoms with Crippen molar-refractivity contribution < 1.29 is 4.21 Å². The molecule has 3 aromatic rings. The van der Waals surface area contributed by atoms with Gasteiger partial charge in [-0.3, -0.25) is 0 Å². The fourth-order valence-corrected chi connectivity index (χ4v) is 7.92. The predicted molar refractivity (Wildman–Crippen MR) is 136 cm³/mol. The van der Waals surface area contributed by atoms with E-state index in [0.29, 0.717) is 24.3 Å². The Morgan fingerprint density at radius 3 is 2.68 bits per heavy atom. The third-order valence-electron chi connectivity index (χ3n) is 7.64. The molecule has 2 aromatic carbocycles. The van der Waals surface area contributed by atoms with E-state index in [4.69, 9.17) is 14.3 Å². The van der Waals surface area contributed by atoms with Gasteiger partial charge in [-0.25, -0.2) is 13.6 Å². The summed E-state index contributed by atoms with van der Waals surface area (Å²) in [5.74, 6) is 2.27. The minimum absolute atomic E-state index is 0.263. The zero-order chi connectivity index (χ0) is 22.9. The number of aryl methyl sites for hydroxylation is 1. The summed E-state index contributed by atoms with van der Waals surface area (Å²) in [5, 5.41) is 4.54. The molecule has 1 atom stereocenters. The molecule has 34 heavy (non-hydrogen) atoms. The summed E-state index contributed by atoms with van der Waals surface area (Å²) >= 11 is 0. The Labute approximate surface area is 200 Å². The number of benzene rings is 2. The lowest BCUT2D eigenvalue weighted by molar-refractivity contribution is 0.121. The predicted octanol–water partition coefficient (Wildman–Crippen LogP) is 3.36. The first-order valence-electron chi connectivity index (χ1n) is 12.3. The number of hydrogen-bond acceptors (Lipinski definition) is 7. The van der Waals surface area contributed by atoms with E-state index in [1.807, 2.05) is 18.2 Å². The summed E-state index contributed by atoms with van der Waals surface area (Å²) in [6, 6.07) is 14.8. The van der Waals surface area contributed by atoms with E-state index in [9.17, 15) is 4.21 Å². The first-order chi connectivity index (χ1) is 16.5. The normalized spacial score (nSPS) is 25.4. The lowest BCUT2D eigenvalue weighted by Crippen LogP contribution is -2.71. The lowest BCUT2D eigenvalue weighted by Gasteiger charge is -2.56. The van der Waals surface area contributed by atoms with Crippen LogP contribution in [0.2, 0.25) is 0 Å². The molecule has 0 radical (unpaired) electrons. The average molecular weight is 475 g/mol. The van der Waals surface area contributed by atoms with Gasteiger partial charge >= 0.3 is 0 Å². The van der Waals surface area contributed by atoms with Gasteiger partial charge in [0.25, 0.3) is 0 Å². The molecule has 7 nitrogen and oxygen atoms in total. The van der Waals surface area contributed by atoms with Gasteiger partial charge in [0.15, 0.2) is 0 Å². The molecule has 0 amide bonds. The minimum atomic E-state index is -2.43. The second-order valence-corrected chi connectivity index (χ2v) is 12.9. The van der Waals surface area contributed by atoms with Crippen LogP contribution in [0.3, 0.4) is 0 Å². The van der Waals surface area contributed by atoms with Crippen LogP contribution in [0.5, 0.6) is 0 Å². The first kappa shape index (κ1) is 20.6. The molecule has 3 aliphatic heterocycles. The average Bonchev–Trinajstić information content (AvgIpc) is 3.59. The number of nitrogens with zero attached hydrogens (tertiary/aromatic N) is 5. The second-order valence-electron chi connectivity index (χ2n) is 10.5. The number of fused-ring (bicyclic) bond motifs is 2. The van der Waals surface area contributed by atoms with Crippen LogP contribution in [0.25, 0.3) is 10.9 Å². The fraction of sp³-hybridized carbons (Fsp3) is 0.462. The summed E-state index contributed by atoms with van der Waals surface area (Å²) in [7, 11) is -2.43. The monoisotopic (exact) mass is 474 g/mol. The molecule has 8 heteroatoms. The molecule has 1 spiro atoms. The molecule has 1 unspecified atom stereocenters. The molecule has 1 aliphatic carbocycles. The number of hydrogen-bond donors (Lipinski definition) is 1. The summed E-state index contributed by atoms with van der Waals surface area (Å²) in [6.45, 7) is 7.68. The van der Waals surface area contributed by atoms with Crippen molar-refractivity contribution >= 4 is 32.4 Å². The summed E-state index contributed by atoms with van der Waals surface area (Å²) in [4.78, 5) is 15.7. The quantitative estimate of drug-likeness (QED) is 0.628. The smallest absolute Gasteiger partial charge is 0.228 e. The Morgan fingerprint density at radius 2 is 1.91 bits per heavy atom. The van der Waals surface area contributed by atoms with E-state index >= 15 is 0 Å². The molecule has 1 aromatic heterocycles. The SMILES string of the molecule is Cc1ccc2nc(N3CCS(=O)(=NC4CC4)c4ccccc4C3)nc(N3CC4(CNC4)C3)c2c1. The molecule has 2 saturated heterocycles. The van der Waals surface area contributed by atoms with Gasteiger partial charge in [0.2, 0.25) is 5.95 Å². The molecule has 1 N–H and O–H groups in total. The molecule has 7 rings (SSSR count). The number of rotatable bonds is 3. The zero-order valence-electron chi connectivity index (χ0n) is 19.5. The van der Waals surface area contributed by atoms with Gasteiger partial charge < -0.3 is 15.1 Å². The van der Waals surface area contributed by atoms with Gasteiger partial charge in [0.1, 0.15) is 5.82 Å². The second kappa shape index (κ2) is 7.39. The Kier molecular flexibility index (Phi) is 4.49. The van der Waals surface area contributed by atoms with Crippen LogP contribution in [0.4, 0.5) is 11.8 Å². The van der Waals surface area contributed by atoms with Gasteiger partial charge in [0, 0.05) is 50.1 Å². The topological polar surface area (TPSA) is 73.7 Å². The largest absolute Gasteiger partial charge is 0.354 e. The van der Waals surface area contributed by atoms with Crippen LogP contribution >= 0.6 is 0 Å². The highest BCUT2D eigenvalue weighted by Gasteiger charge is 2.48. The van der Waals surface area contributed by atoms with Crippen LogP contribution < -0.4 is 15.1 Å². The van der Waals surface area contributed by atoms with Crippen molar-refractivity contribution in [2.24, 2.45) is 9.78 Å². The minimum Gasteiger partial charge on any atom is -0.354 e. The van der Waals surface area contributed by atoms with E-state index in [1.165, 1.54) is 5.56 Å². The van der Waals surface area contributed by atoms with Gasteiger partial charge in [0.05, 0.1) is 31.9 Å². The maximum absolute atomic E-state index is 14.0. The molecule has 176 valence electrons. The van der Waals surface area contributed by atoms with Crippen molar-refractivity contribution in [1.29, 1.82) is 0 Å². The molecular formula is C26H30N6OS. The van der Waals surface area contributed by atoms with E-state index < -0.39 is 9.73 Å². The van der Waals surface area contributed by atoms with E-state index in [0.717, 1.165) is 72.1 Å². The molecule has 1 saturated carbocycles. The first-order valence-corrected chi connectivity index (χ1v) is 14.0. The molecule has 4 heterocycles. The fourth-order valence-electron chi connectivity index (χ4n) is 5.49. The van der Waals surface area contributed by atoms with Crippen molar-refractivity contribution in [2.75, 3.05) is 48.3 Å². The van der Waals surface area contributed by atoms with Gasteiger partial charge in [-0.15, -0.1) is 0 Å². The van der Waals surface area contributed by atoms with Crippen LogP contribution in [0.1, 0.15) is 24.0 Å². The maximum Gasteiger partial charge on any atom is 0.228 e. The summed E-state index contributed by atoms with van der Waals surface area (Å²) < 4.78 is 18.8. The Morgan fingerprint density at radius 1 is 1.09 bits per heavy atom. The van der Waals surface area contributed by atoms with Crippen molar-refractivity contribution in [3.8, 4) is 0 Å². The van der Waals surface area contributed by atoms with Crippen LogP contribution in [-0.4, -0.2) is 58.7 Å². The van der Waals surface area contributed by atoms with Crippen molar-refractivity contribution in [3.63, 3.8) is 0 Å². The van der Waals surface area contributed by atoms with Crippen LogP contribution in [-0.2, 0) is 16.3 Å². The summed E-state index contributed by atoms with van der Waals surface area (Å²) in [5.41, 5.74) is 3.68. The van der Waals surface area contributed by atoms with Gasteiger partial charge in [-0.2, -0.15) is 4.98 Å². The van der Waals surface area contributed by atoms with Crippen molar-refractivity contribution in [3.05, 3.63) is 53.6 Å². The molecule has 4 aliphatic rings. The Balaban J connectivity index is 1.30. The van der Waals surface area contributed by atoms with E-state index in [1.54, 1.807) is 0 Å². The number of aromatic nitrogens is 2. The molecule has 3 fully saturated rings. The lowest BCUT2D eigenvalue weighted by atomic mass is 9.74. The van der Waals surface area contributed by atoms with Crippen molar-refractivity contribution in [1.82, 2.24) is 15.3 Å². The third-order valence-corrected chi connectivity index (χ3v) is 10.1. The Bertz CT molecular complexity index is 1410. The third kappa shape index (κ3) is 3.38. The highest BCUT2D eigenvalue weighted by molar-refractivity contribution is 7.93. The number of anilines is 2. The molecule has 0 bridgehead atoms. The van der Waals surface area contributed by atoms with Gasteiger partial charge in [-0.1, -0.05) is 29.8 Å². The zero-order valence-corrected chi connectivity index (χ0v) is 20.4. The highest BCUT2D eigenvalue weighted by Crippen LogP contribution is 2.40. The maximum atomic E-state index is 14.0. The van der Waals surface area contributed by atoms with Gasteiger partial charge in [-0.05, 0) is 43.5 Å². The highest BCUT2D eigenvalue weighted by atomic mass is 32.2.